The minimum atomic E-state index is -3.82. The molecule has 2 N–H and O–H groups in total. The minimum Gasteiger partial charge on any atom is -0.492 e. The molecule has 0 unspecified atom stereocenters. The summed E-state index contributed by atoms with van der Waals surface area (Å²) in [7, 11) is -4.64. The molecule has 30 heavy (non-hydrogen) atoms. The molecule has 12 heteroatoms. The van der Waals surface area contributed by atoms with E-state index in [4.69, 9.17) is 16.3 Å². The molecule has 0 spiro atoms. The van der Waals surface area contributed by atoms with Crippen LogP contribution in [0.25, 0.3) is 0 Å². The van der Waals surface area contributed by atoms with Crippen molar-refractivity contribution in [2.75, 3.05) is 37.0 Å². The van der Waals surface area contributed by atoms with Crippen LogP contribution in [0.3, 0.4) is 0 Å². The quantitative estimate of drug-likeness (QED) is 0.605. The Balaban J connectivity index is 2.39. The summed E-state index contributed by atoms with van der Waals surface area (Å²) in [5.41, 5.74) is 0.391. The molecule has 0 radical (unpaired) electrons. The van der Waals surface area contributed by atoms with Crippen molar-refractivity contribution in [2.45, 2.75) is 11.8 Å². The second-order valence-electron chi connectivity index (χ2n) is 6.40. The van der Waals surface area contributed by atoms with Gasteiger partial charge in [0.05, 0.1) is 23.6 Å². The van der Waals surface area contributed by atoms with Gasteiger partial charge in [-0.1, -0.05) is 11.6 Å². The molecule has 0 bridgehead atoms. The second kappa shape index (κ2) is 9.21. The summed E-state index contributed by atoms with van der Waals surface area (Å²) in [4.78, 5) is 12.5. The topological polar surface area (TPSA) is 122 Å². The molecule has 0 aliphatic carbocycles. The highest BCUT2D eigenvalue weighted by Crippen LogP contribution is 2.30. The molecule has 1 amide bonds. The SMILES string of the molecule is CCOc1ccc(NC(=O)c2ccc(Cl)c(NS(C)(=O)=O)c2)cc1S(=O)(=O)N(C)C. The predicted octanol–water partition coefficient (Wildman–Crippen LogP) is 2.61. The lowest BCUT2D eigenvalue weighted by molar-refractivity contribution is 0.102. The lowest BCUT2D eigenvalue weighted by Crippen LogP contribution is -2.23. The summed E-state index contributed by atoms with van der Waals surface area (Å²) in [5, 5.41) is 2.71. The molecule has 2 aromatic rings. The average molecular weight is 476 g/mol. The van der Waals surface area contributed by atoms with Crippen LogP contribution in [0.2, 0.25) is 5.02 Å². The summed E-state index contributed by atoms with van der Waals surface area (Å²) < 4.78 is 56.8. The number of amides is 1. The summed E-state index contributed by atoms with van der Waals surface area (Å²) in [6.45, 7) is 1.99. The van der Waals surface area contributed by atoms with Crippen molar-refractivity contribution in [3.63, 3.8) is 0 Å². The number of nitrogens with zero attached hydrogens (tertiary/aromatic N) is 1. The Morgan fingerprint density at radius 3 is 2.33 bits per heavy atom. The minimum absolute atomic E-state index is 0.0504. The van der Waals surface area contributed by atoms with E-state index in [1.165, 1.54) is 50.5 Å². The number of benzene rings is 2. The van der Waals surface area contributed by atoms with Crippen LogP contribution in [0.15, 0.2) is 41.3 Å². The van der Waals surface area contributed by atoms with Gasteiger partial charge in [-0.05, 0) is 43.3 Å². The molecule has 0 aliphatic heterocycles. The molecule has 0 fully saturated rings. The maximum absolute atomic E-state index is 12.6. The van der Waals surface area contributed by atoms with Gasteiger partial charge >= 0.3 is 0 Å². The Labute approximate surface area is 181 Å². The highest BCUT2D eigenvalue weighted by molar-refractivity contribution is 7.92. The molecule has 0 heterocycles. The van der Waals surface area contributed by atoms with E-state index in [9.17, 15) is 21.6 Å². The van der Waals surface area contributed by atoms with Crippen molar-refractivity contribution in [1.29, 1.82) is 0 Å². The first-order valence-corrected chi connectivity index (χ1v) is 12.3. The lowest BCUT2D eigenvalue weighted by atomic mass is 10.2. The van der Waals surface area contributed by atoms with Crippen LogP contribution in [0.4, 0.5) is 11.4 Å². The Bertz CT molecular complexity index is 1160. The van der Waals surface area contributed by atoms with E-state index in [0.717, 1.165) is 10.6 Å². The van der Waals surface area contributed by atoms with Crippen LogP contribution in [0, 0.1) is 0 Å². The fraction of sp³-hybridized carbons (Fsp3) is 0.278. The Morgan fingerprint density at radius 1 is 1.10 bits per heavy atom. The van der Waals surface area contributed by atoms with Gasteiger partial charge in [-0.2, -0.15) is 0 Å². The van der Waals surface area contributed by atoms with Gasteiger partial charge in [0, 0.05) is 25.3 Å². The number of carbonyl (C=O) groups excluding carboxylic acids is 1. The number of ether oxygens (including phenoxy) is 1. The smallest absolute Gasteiger partial charge is 0.255 e. The summed E-state index contributed by atoms with van der Waals surface area (Å²) in [5.74, 6) is -0.420. The summed E-state index contributed by atoms with van der Waals surface area (Å²) >= 11 is 5.97. The fourth-order valence-corrected chi connectivity index (χ4v) is 4.25. The maximum Gasteiger partial charge on any atom is 0.255 e. The highest BCUT2D eigenvalue weighted by atomic mass is 35.5. The van der Waals surface area contributed by atoms with Crippen molar-refractivity contribution in [2.24, 2.45) is 0 Å². The number of hydrogen-bond acceptors (Lipinski definition) is 6. The van der Waals surface area contributed by atoms with Crippen LogP contribution in [-0.2, 0) is 20.0 Å². The largest absolute Gasteiger partial charge is 0.492 e. The Kier molecular flexibility index (Phi) is 7.35. The lowest BCUT2D eigenvalue weighted by Gasteiger charge is -2.17. The number of hydrogen-bond donors (Lipinski definition) is 2. The van der Waals surface area contributed by atoms with Crippen LogP contribution in [0.1, 0.15) is 17.3 Å². The van der Waals surface area contributed by atoms with Crippen molar-refractivity contribution in [3.8, 4) is 5.75 Å². The predicted molar refractivity (Wildman–Crippen MR) is 116 cm³/mol. The zero-order valence-electron chi connectivity index (χ0n) is 16.8. The van der Waals surface area contributed by atoms with Crippen molar-refractivity contribution >= 4 is 48.9 Å². The van der Waals surface area contributed by atoms with E-state index in [1.54, 1.807) is 6.92 Å². The van der Waals surface area contributed by atoms with Crippen molar-refractivity contribution in [3.05, 3.63) is 47.0 Å². The van der Waals surface area contributed by atoms with Crippen molar-refractivity contribution < 1.29 is 26.4 Å². The number of anilines is 2. The first-order chi connectivity index (χ1) is 13.8. The third-order valence-corrected chi connectivity index (χ3v) is 6.54. The molecule has 0 aliphatic rings. The van der Waals surface area contributed by atoms with Crippen molar-refractivity contribution in [1.82, 2.24) is 4.31 Å². The van der Waals surface area contributed by atoms with Crippen LogP contribution in [-0.4, -0.2) is 54.0 Å². The van der Waals surface area contributed by atoms with Gasteiger partial charge in [0.15, 0.2) is 0 Å². The molecule has 0 aromatic heterocycles. The third-order valence-electron chi connectivity index (χ3n) is 3.78. The van der Waals surface area contributed by atoms with Crippen LogP contribution in [0.5, 0.6) is 5.75 Å². The first kappa shape index (κ1) is 23.9. The monoisotopic (exact) mass is 475 g/mol. The van der Waals surface area contributed by atoms with Gasteiger partial charge in [-0.15, -0.1) is 0 Å². The zero-order valence-corrected chi connectivity index (χ0v) is 19.2. The zero-order chi connectivity index (χ0) is 22.7. The molecule has 2 aromatic carbocycles. The van der Waals surface area contributed by atoms with E-state index in [0.29, 0.717) is 0 Å². The Hall–Kier alpha value is -2.34. The van der Waals surface area contributed by atoms with Gasteiger partial charge in [0.25, 0.3) is 5.91 Å². The van der Waals surface area contributed by atoms with Gasteiger partial charge in [0.2, 0.25) is 20.0 Å². The van der Waals surface area contributed by atoms with E-state index >= 15 is 0 Å². The molecule has 0 saturated carbocycles. The second-order valence-corrected chi connectivity index (χ2v) is 10.7. The van der Waals surface area contributed by atoms with Gasteiger partial charge in [0.1, 0.15) is 10.6 Å². The van der Waals surface area contributed by atoms with Gasteiger partial charge in [-0.3, -0.25) is 9.52 Å². The average Bonchev–Trinajstić information content (AvgIpc) is 2.63. The number of carbonyl (C=O) groups is 1. The van der Waals surface area contributed by atoms with E-state index in [-0.39, 0.29) is 39.2 Å². The molecule has 0 saturated heterocycles. The van der Waals surface area contributed by atoms with E-state index < -0.39 is 26.0 Å². The molecule has 9 nitrogen and oxygen atoms in total. The molecule has 2 rings (SSSR count). The third kappa shape index (κ3) is 5.85. The maximum atomic E-state index is 12.6. The Morgan fingerprint density at radius 2 is 1.77 bits per heavy atom. The standard InChI is InChI=1S/C18H22ClN3O6S2/c1-5-28-16-9-7-13(11-17(16)30(26,27)22(2)3)20-18(23)12-6-8-14(19)15(10-12)21-29(4,24)25/h6-11,21H,5H2,1-4H3,(H,20,23). The van der Waals surface area contributed by atoms with Crippen LogP contribution < -0.4 is 14.8 Å². The highest BCUT2D eigenvalue weighted by Gasteiger charge is 2.23. The summed E-state index contributed by atoms with van der Waals surface area (Å²) in [6.07, 6.45) is 0.961. The molecular formula is C18H22ClN3O6S2. The molecule has 164 valence electrons. The summed E-state index contributed by atoms with van der Waals surface area (Å²) in [6, 6.07) is 8.33. The first-order valence-electron chi connectivity index (χ1n) is 8.63. The number of sulfonamides is 2. The van der Waals surface area contributed by atoms with Gasteiger partial charge in [-0.25, -0.2) is 21.1 Å². The number of halogens is 1. The normalized spacial score (nSPS) is 11.9. The van der Waals surface area contributed by atoms with Gasteiger partial charge < -0.3 is 10.1 Å². The molecule has 0 atom stereocenters. The van der Waals surface area contributed by atoms with E-state index in [2.05, 4.69) is 10.0 Å². The van der Waals surface area contributed by atoms with Crippen LogP contribution >= 0.6 is 11.6 Å². The number of nitrogens with one attached hydrogen (secondary N) is 2. The molecular weight excluding hydrogens is 454 g/mol. The fourth-order valence-electron chi connectivity index (χ4n) is 2.41. The van der Waals surface area contributed by atoms with E-state index in [1.807, 2.05) is 0 Å². The number of rotatable bonds is 8.